The van der Waals surface area contributed by atoms with Crippen LogP contribution in [-0.2, 0) is 6.54 Å². The fraction of sp³-hybridized carbons (Fsp3) is 0.469. The number of carbonyl (C=O) groups excluding carboxylic acids is 1. The molecule has 1 aliphatic rings. The molecule has 4 rings (SSSR count). The Morgan fingerprint density at radius 2 is 1.83 bits per heavy atom. The van der Waals surface area contributed by atoms with Crippen molar-refractivity contribution in [1.29, 1.82) is 0 Å². The molecule has 1 atom stereocenters. The molecule has 3 heterocycles. The smallest absolute Gasteiger partial charge is 0.253 e. The summed E-state index contributed by atoms with van der Waals surface area (Å²) in [5.74, 6) is 1.36. The summed E-state index contributed by atoms with van der Waals surface area (Å²) in [5.41, 5.74) is 5.68. The number of methoxy groups -OCH3 is 2. The van der Waals surface area contributed by atoms with E-state index in [1.54, 1.807) is 20.3 Å². The molecule has 8 nitrogen and oxygen atoms in total. The van der Waals surface area contributed by atoms with E-state index in [9.17, 15) is 4.79 Å². The van der Waals surface area contributed by atoms with Gasteiger partial charge in [-0.1, -0.05) is 11.6 Å². The molecule has 9 heteroatoms. The number of likely N-dealkylation sites (tertiary alicyclic amines) is 1. The third kappa shape index (κ3) is 7.49. The number of nitrogens with one attached hydrogen (secondary N) is 1. The molecule has 2 aromatic heterocycles. The lowest BCUT2D eigenvalue weighted by atomic mass is 9.98. The lowest BCUT2D eigenvalue weighted by Crippen LogP contribution is -2.48. The number of benzene rings is 1. The number of rotatable bonds is 11. The fourth-order valence-electron chi connectivity index (χ4n) is 5.71. The third-order valence-electron chi connectivity index (χ3n) is 8.19. The van der Waals surface area contributed by atoms with E-state index in [0.29, 0.717) is 35.0 Å². The normalized spacial score (nSPS) is 14.9. The van der Waals surface area contributed by atoms with Gasteiger partial charge in [0.2, 0.25) is 0 Å². The van der Waals surface area contributed by atoms with Crippen LogP contribution in [0.3, 0.4) is 0 Å². The quantitative estimate of drug-likeness (QED) is 0.290. The minimum Gasteiger partial charge on any atom is -0.493 e. The molecule has 0 aliphatic carbocycles. The number of hydrogen-bond acceptors (Lipinski definition) is 7. The first-order chi connectivity index (χ1) is 19.7. The van der Waals surface area contributed by atoms with E-state index in [4.69, 9.17) is 21.1 Å². The number of piperidine rings is 1. The van der Waals surface area contributed by atoms with Crippen molar-refractivity contribution in [2.75, 3.05) is 38.8 Å². The summed E-state index contributed by atoms with van der Waals surface area (Å²) in [6, 6.07) is 10.7. The van der Waals surface area contributed by atoms with E-state index >= 15 is 0 Å². The second-order valence-corrected chi connectivity index (χ2v) is 11.2. The summed E-state index contributed by atoms with van der Waals surface area (Å²) in [5, 5.41) is 3.50. The molecule has 0 saturated carbocycles. The van der Waals surface area contributed by atoms with E-state index < -0.39 is 0 Å². The number of carbonyl (C=O) groups is 1. The number of aromatic nitrogens is 2. The van der Waals surface area contributed by atoms with Gasteiger partial charge in [0.05, 0.1) is 25.5 Å². The zero-order valence-corrected chi connectivity index (χ0v) is 25.8. The maximum Gasteiger partial charge on any atom is 0.253 e. The number of amides is 1. The van der Waals surface area contributed by atoms with Crippen LogP contribution in [0, 0.1) is 20.8 Å². The molecule has 0 bridgehead atoms. The summed E-state index contributed by atoms with van der Waals surface area (Å²) in [4.78, 5) is 26.5. The zero-order valence-electron chi connectivity index (χ0n) is 25.0. The molecule has 3 aromatic rings. The zero-order chi connectivity index (χ0) is 29.5. The van der Waals surface area contributed by atoms with Gasteiger partial charge in [-0.15, -0.1) is 0 Å². The Kier molecular flexibility index (Phi) is 10.5. The van der Waals surface area contributed by atoms with Crippen LogP contribution in [0.4, 0.5) is 5.69 Å². The molecule has 1 amide bonds. The van der Waals surface area contributed by atoms with E-state index in [1.165, 1.54) is 11.1 Å². The first-order valence-corrected chi connectivity index (χ1v) is 14.6. The predicted molar refractivity (Wildman–Crippen MR) is 164 cm³/mol. The van der Waals surface area contributed by atoms with Crippen LogP contribution < -0.4 is 19.7 Å². The highest BCUT2D eigenvalue weighted by Crippen LogP contribution is 2.35. The number of aryl methyl sites for hydroxylation is 3. The van der Waals surface area contributed by atoms with Crippen LogP contribution in [0.15, 0.2) is 42.7 Å². The van der Waals surface area contributed by atoms with Crippen molar-refractivity contribution in [3.8, 4) is 11.5 Å². The molecular formula is C32H42ClN5O3. The van der Waals surface area contributed by atoms with Crippen LogP contribution in [0.2, 0.25) is 5.15 Å². The van der Waals surface area contributed by atoms with E-state index in [1.807, 2.05) is 32.3 Å². The second kappa shape index (κ2) is 14.0. The van der Waals surface area contributed by atoms with Gasteiger partial charge in [-0.05, 0) is 87.9 Å². The summed E-state index contributed by atoms with van der Waals surface area (Å²) in [6.07, 6.45) is 6.77. The fourth-order valence-corrected chi connectivity index (χ4v) is 6.00. The Morgan fingerprint density at radius 3 is 2.49 bits per heavy atom. The summed E-state index contributed by atoms with van der Waals surface area (Å²) < 4.78 is 11.1. The Labute approximate surface area is 249 Å². The Balaban J connectivity index is 1.38. The highest BCUT2D eigenvalue weighted by molar-refractivity contribution is 6.29. The van der Waals surface area contributed by atoms with Crippen LogP contribution in [0.1, 0.15) is 58.9 Å². The van der Waals surface area contributed by atoms with Gasteiger partial charge in [0.1, 0.15) is 5.15 Å². The number of nitrogens with zero attached hydrogens (tertiary/aromatic N) is 4. The lowest BCUT2D eigenvalue weighted by Gasteiger charge is -2.42. The number of pyridine rings is 2. The molecule has 1 unspecified atom stereocenters. The Bertz CT molecular complexity index is 1320. The summed E-state index contributed by atoms with van der Waals surface area (Å²) in [7, 11) is 3.34. The van der Waals surface area contributed by atoms with Gasteiger partial charge in [-0.3, -0.25) is 9.78 Å². The van der Waals surface area contributed by atoms with Crippen molar-refractivity contribution in [1.82, 2.24) is 20.2 Å². The maximum atomic E-state index is 12.8. The van der Waals surface area contributed by atoms with Crippen LogP contribution in [0.5, 0.6) is 11.5 Å². The number of anilines is 1. The van der Waals surface area contributed by atoms with Gasteiger partial charge < -0.3 is 24.6 Å². The van der Waals surface area contributed by atoms with Crippen LogP contribution in [-0.4, -0.2) is 66.7 Å². The highest BCUT2D eigenvalue weighted by atomic mass is 35.5. The van der Waals surface area contributed by atoms with Crippen molar-refractivity contribution in [3.63, 3.8) is 0 Å². The van der Waals surface area contributed by atoms with E-state index in [2.05, 4.69) is 57.1 Å². The molecule has 0 spiro atoms. The predicted octanol–water partition coefficient (Wildman–Crippen LogP) is 5.75. The maximum absolute atomic E-state index is 12.8. The van der Waals surface area contributed by atoms with Gasteiger partial charge in [0.25, 0.3) is 5.91 Å². The minimum atomic E-state index is -0.0914. The minimum absolute atomic E-state index is 0.0914. The van der Waals surface area contributed by atoms with Crippen LogP contribution >= 0.6 is 11.6 Å². The van der Waals surface area contributed by atoms with Crippen LogP contribution in [0.25, 0.3) is 0 Å². The van der Waals surface area contributed by atoms with Crippen molar-refractivity contribution < 1.29 is 14.3 Å². The van der Waals surface area contributed by atoms with Crippen molar-refractivity contribution >= 4 is 23.2 Å². The van der Waals surface area contributed by atoms with Gasteiger partial charge in [0, 0.05) is 62.4 Å². The topological polar surface area (TPSA) is 79.8 Å². The standard InChI is InChI=1S/C32H42ClN5O3/c1-21-9-13-34-19-25(21)20-38(27-7-8-28(40-5)29(18-27)41-6)26-11-15-37(16-12-26)23(3)10-14-35-32(39)31-22(2)17-30(33)36-24(31)4/h7-9,13,17-19,23,26H,10-12,14-16,20H2,1-6H3,(H,35,39). The largest absolute Gasteiger partial charge is 0.493 e. The molecule has 1 aromatic carbocycles. The molecule has 41 heavy (non-hydrogen) atoms. The first-order valence-electron chi connectivity index (χ1n) is 14.3. The molecule has 0 radical (unpaired) electrons. The Morgan fingerprint density at radius 1 is 1.10 bits per heavy atom. The van der Waals surface area contributed by atoms with E-state index in [0.717, 1.165) is 61.6 Å². The molecule has 1 N–H and O–H groups in total. The highest BCUT2D eigenvalue weighted by Gasteiger charge is 2.28. The summed E-state index contributed by atoms with van der Waals surface area (Å²) >= 11 is 6.03. The molecule has 1 saturated heterocycles. The van der Waals surface area contributed by atoms with Gasteiger partial charge in [0.15, 0.2) is 11.5 Å². The average molecular weight is 580 g/mol. The molecule has 1 fully saturated rings. The molecule has 1 aliphatic heterocycles. The van der Waals surface area contributed by atoms with Crippen molar-refractivity contribution in [3.05, 3.63) is 75.8 Å². The van der Waals surface area contributed by atoms with Gasteiger partial charge >= 0.3 is 0 Å². The van der Waals surface area contributed by atoms with Gasteiger partial charge in [-0.2, -0.15) is 0 Å². The van der Waals surface area contributed by atoms with Crippen molar-refractivity contribution in [2.24, 2.45) is 0 Å². The van der Waals surface area contributed by atoms with Gasteiger partial charge in [-0.25, -0.2) is 4.98 Å². The number of ether oxygens (including phenoxy) is 2. The third-order valence-corrected chi connectivity index (χ3v) is 8.38. The number of halogens is 1. The van der Waals surface area contributed by atoms with E-state index in [-0.39, 0.29) is 5.91 Å². The lowest BCUT2D eigenvalue weighted by molar-refractivity contribution is 0.0943. The Hall–Kier alpha value is -3.36. The second-order valence-electron chi connectivity index (χ2n) is 10.9. The first kappa shape index (κ1) is 30.6. The SMILES string of the molecule is COc1ccc(N(Cc2cnccc2C)C2CCN(C(C)CCNC(=O)c3c(C)cc(Cl)nc3C)CC2)cc1OC. The molecular weight excluding hydrogens is 538 g/mol. The monoisotopic (exact) mass is 579 g/mol. The number of hydrogen-bond donors (Lipinski definition) is 1. The summed E-state index contributed by atoms with van der Waals surface area (Å²) in [6.45, 7) is 11.5. The van der Waals surface area contributed by atoms with Crippen molar-refractivity contribution in [2.45, 2.75) is 65.6 Å². The average Bonchev–Trinajstić information content (AvgIpc) is 2.96. The molecule has 220 valence electrons.